The average molecular weight is 656 g/mol. The second-order valence-corrected chi connectivity index (χ2v) is 9.61. The summed E-state index contributed by atoms with van der Waals surface area (Å²) in [5, 5.41) is 7.77. The van der Waals surface area contributed by atoms with Crippen molar-refractivity contribution in [2.75, 3.05) is 19.5 Å². The van der Waals surface area contributed by atoms with E-state index in [4.69, 9.17) is 37.4 Å². The highest BCUT2D eigenvalue weighted by atomic mass is 127. The van der Waals surface area contributed by atoms with Crippen molar-refractivity contribution in [1.82, 2.24) is 5.43 Å². The number of hydrazone groups is 1. The average Bonchev–Trinajstić information content (AvgIpc) is 2.88. The van der Waals surface area contributed by atoms with Gasteiger partial charge in [-0.1, -0.05) is 41.4 Å². The van der Waals surface area contributed by atoms with E-state index in [9.17, 15) is 9.59 Å². The number of halogens is 3. The number of rotatable bonds is 11. The number of ether oxygens (including phenoxy) is 3. The molecule has 3 rings (SSSR count). The first-order valence-electron chi connectivity index (χ1n) is 11.0. The van der Waals surface area contributed by atoms with E-state index >= 15 is 0 Å². The van der Waals surface area contributed by atoms with Crippen LogP contribution in [0.5, 0.6) is 17.2 Å². The molecule has 3 aromatic rings. The van der Waals surface area contributed by atoms with Crippen LogP contribution in [0.25, 0.3) is 0 Å². The molecule has 0 heterocycles. The predicted molar refractivity (Wildman–Crippen MR) is 153 cm³/mol. The molecule has 0 unspecified atom stereocenters. The molecule has 37 heavy (non-hydrogen) atoms. The first-order chi connectivity index (χ1) is 17.8. The Morgan fingerprint density at radius 3 is 2.43 bits per heavy atom. The maximum atomic E-state index is 12.2. The Bertz CT molecular complexity index is 1300. The van der Waals surface area contributed by atoms with E-state index in [2.05, 4.69) is 38.4 Å². The van der Waals surface area contributed by atoms with Crippen LogP contribution in [0.3, 0.4) is 0 Å². The van der Waals surface area contributed by atoms with Gasteiger partial charge in [-0.25, -0.2) is 5.43 Å². The molecule has 0 radical (unpaired) electrons. The second-order valence-electron chi connectivity index (χ2n) is 7.60. The van der Waals surface area contributed by atoms with Gasteiger partial charge in [-0.15, -0.1) is 0 Å². The van der Waals surface area contributed by atoms with Crippen LogP contribution in [0.4, 0.5) is 5.69 Å². The lowest BCUT2D eigenvalue weighted by atomic mass is 10.2. The van der Waals surface area contributed by atoms with Crippen LogP contribution >= 0.6 is 45.8 Å². The van der Waals surface area contributed by atoms with Crippen LogP contribution in [0.15, 0.2) is 59.7 Å². The molecule has 0 fully saturated rings. The van der Waals surface area contributed by atoms with Crippen LogP contribution in [-0.4, -0.2) is 32.2 Å². The standard InChI is InChI=1S/C26H24Cl2IN3O5/c1-35-22-6-4-3-5-21(22)31-24(33)9-10-25(34)32-30-14-16-11-20(29)26(23(12-16)36-2)37-15-17-7-8-18(27)13-19(17)28/h3-8,11-14H,9-10,15H2,1-2H3,(H,31,33)(H,32,34). The van der Waals surface area contributed by atoms with Gasteiger partial charge in [-0.2, -0.15) is 5.10 Å². The zero-order valence-electron chi connectivity index (χ0n) is 20.0. The van der Waals surface area contributed by atoms with E-state index in [0.29, 0.717) is 38.5 Å². The molecule has 0 saturated heterocycles. The number of para-hydroxylation sites is 2. The summed E-state index contributed by atoms with van der Waals surface area (Å²) < 4.78 is 17.4. The van der Waals surface area contributed by atoms with Gasteiger partial charge in [-0.3, -0.25) is 9.59 Å². The molecule has 0 atom stereocenters. The van der Waals surface area contributed by atoms with E-state index < -0.39 is 5.91 Å². The molecule has 0 bridgehead atoms. The molecular formula is C26H24Cl2IN3O5. The lowest BCUT2D eigenvalue weighted by molar-refractivity contribution is -0.124. The van der Waals surface area contributed by atoms with Gasteiger partial charge in [0.25, 0.3) is 0 Å². The molecule has 0 aliphatic carbocycles. The van der Waals surface area contributed by atoms with Crippen molar-refractivity contribution >= 4 is 69.5 Å². The zero-order chi connectivity index (χ0) is 26.8. The molecule has 0 spiro atoms. The Morgan fingerprint density at radius 2 is 1.70 bits per heavy atom. The first kappa shape index (κ1) is 28.5. The lowest BCUT2D eigenvalue weighted by Crippen LogP contribution is -2.20. The normalized spacial score (nSPS) is 10.7. The van der Waals surface area contributed by atoms with Crippen molar-refractivity contribution < 1.29 is 23.8 Å². The van der Waals surface area contributed by atoms with Crippen molar-refractivity contribution in [3.63, 3.8) is 0 Å². The fourth-order valence-electron chi connectivity index (χ4n) is 3.17. The molecule has 11 heteroatoms. The first-order valence-corrected chi connectivity index (χ1v) is 12.8. The Kier molecular flexibility index (Phi) is 10.8. The van der Waals surface area contributed by atoms with Gasteiger partial charge in [-0.05, 0) is 64.6 Å². The van der Waals surface area contributed by atoms with E-state index in [-0.39, 0.29) is 25.4 Å². The van der Waals surface area contributed by atoms with Crippen molar-refractivity contribution in [2.24, 2.45) is 5.10 Å². The summed E-state index contributed by atoms with van der Waals surface area (Å²) in [6.07, 6.45) is 1.45. The third-order valence-corrected chi connectivity index (χ3v) is 6.39. The maximum Gasteiger partial charge on any atom is 0.240 e. The highest BCUT2D eigenvalue weighted by molar-refractivity contribution is 14.1. The molecule has 2 N–H and O–H groups in total. The largest absolute Gasteiger partial charge is 0.495 e. The Hall–Kier alpha value is -3.02. The van der Waals surface area contributed by atoms with E-state index in [1.807, 2.05) is 6.07 Å². The number of nitrogens with one attached hydrogen (secondary N) is 2. The van der Waals surface area contributed by atoms with E-state index in [1.165, 1.54) is 20.4 Å². The molecule has 0 aliphatic heterocycles. The molecule has 8 nitrogen and oxygen atoms in total. The minimum atomic E-state index is -0.395. The number of hydrogen-bond donors (Lipinski definition) is 2. The third kappa shape index (κ3) is 8.51. The van der Waals surface area contributed by atoms with Crippen molar-refractivity contribution in [1.29, 1.82) is 0 Å². The molecule has 194 valence electrons. The quantitative estimate of drug-likeness (QED) is 0.149. The molecule has 0 aliphatic rings. The lowest BCUT2D eigenvalue weighted by Gasteiger charge is -2.14. The predicted octanol–water partition coefficient (Wildman–Crippen LogP) is 6.06. The molecule has 3 aromatic carbocycles. The smallest absolute Gasteiger partial charge is 0.240 e. The molecule has 2 amide bonds. The van der Waals surface area contributed by atoms with Gasteiger partial charge in [0.2, 0.25) is 11.8 Å². The van der Waals surface area contributed by atoms with E-state index in [1.54, 1.807) is 48.5 Å². The van der Waals surface area contributed by atoms with Crippen LogP contribution in [0.1, 0.15) is 24.0 Å². The number of carbonyl (C=O) groups excluding carboxylic acids is 2. The van der Waals surface area contributed by atoms with Gasteiger partial charge in [0.15, 0.2) is 11.5 Å². The topological polar surface area (TPSA) is 98.2 Å². The summed E-state index contributed by atoms with van der Waals surface area (Å²) in [4.78, 5) is 24.3. The fourth-order valence-corrected chi connectivity index (χ4v) is 4.41. The molecular weight excluding hydrogens is 632 g/mol. The van der Waals surface area contributed by atoms with E-state index in [0.717, 1.165) is 9.13 Å². The van der Waals surface area contributed by atoms with Crippen LogP contribution in [-0.2, 0) is 16.2 Å². The Balaban J connectivity index is 1.53. The molecule has 0 aromatic heterocycles. The second kappa shape index (κ2) is 14.1. The molecule has 0 saturated carbocycles. The number of nitrogens with zero attached hydrogens (tertiary/aromatic N) is 1. The van der Waals surface area contributed by atoms with Gasteiger partial charge in [0.05, 0.1) is 29.7 Å². The van der Waals surface area contributed by atoms with Gasteiger partial charge >= 0.3 is 0 Å². The highest BCUT2D eigenvalue weighted by Crippen LogP contribution is 2.35. The number of amides is 2. The zero-order valence-corrected chi connectivity index (χ0v) is 23.7. The number of benzene rings is 3. The van der Waals surface area contributed by atoms with Gasteiger partial charge in [0, 0.05) is 28.5 Å². The Morgan fingerprint density at radius 1 is 0.973 bits per heavy atom. The number of carbonyl (C=O) groups is 2. The summed E-state index contributed by atoms with van der Waals surface area (Å²) in [6, 6.07) is 15.8. The SMILES string of the molecule is COc1ccccc1NC(=O)CCC(=O)NN=Cc1cc(I)c(OCc2ccc(Cl)cc2Cl)c(OC)c1. The van der Waals surface area contributed by atoms with Crippen LogP contribution in [0.2, 0.25) is 10.0 Å². The fraction of sp³-hybridized carbons (Fsp3) is 0.192. The third-order valence-electron chi connectivity index (χ3n) is 5.00. The highest BCUT2D eigenvalue weighted by Gasteiger charge is 2.13. The summed E-state index contributed by atoms with van der Waals surface area (Å²) in [6.45, 7) is 0.233. The minimum Gasteiger partial charge on any atom is -0.495 e. The van der Waals surface area contributed by atoms with Crippen LogP contribution < -0.4 is 25.0 Å². The summed E-state index contributed by atoms with van der Waals surface area (Å²) in [5.74, 6) is 0.889. The number of anilines is 1. The summed E-state index contributed by atoms with van der Waals surface area (Å²) in [5.41, 5.74) is 4.44. The summed E-state index contributed by atoms with van der Waals surface area (Å²) >= 11 is 14.3. The van der Waals surface area contributed by atoms with Gasteiger partial charge < -0.3 is 19.5 Å². The summed E-state index contributed by atoms with van der Waals surface area (Å²) in [7, 11) is 3.05. The van der Waals surface area contributed by atoms with Crippen molar-refractivity contribution in [2.45, 2.75) is 19.4 Å². The minimum absolute atomic E-state index is 0.00516. The number of hydrogen-bond acceptors (Lipinski definition) is 6. The van der Waals surface area contributed by atoms with Crippen molar-refractivity contribution in [3.8, 4) is 17.2 Å². The number of methoxy groups -OCH3 is 2. The van der Waals surface area contributed by atoms with Gasteiger partial charge in [0.1, 0.15) is 12.4 Å². The monoisotopic (exact) mass is 655 g/mol. The maximum absolute atomic E-state index is 12.2. The van der Waals surface area contributed by atoms with Crippen molar-refractivity contribution in [3.05, 3.63) is 79.3 Å². The van der Waals surface area contributed by atoms with Crippen LogP contribution in [0, 0.1) is 3.57 Å². The Labute approximate surface area is 238 Å².